The summed E-state index contributed by atoms with van der Waals surface area (Å²) in [5.74, 6) is 1.47. The van der Waals surface area contributed by atoms with Gasteiger partial charge in [-0.05, 0) is 24.6 Å². The molecule has 2 aromatic rings. The lowest BCUT2D eigenvalue weighted by Gasteiger charge is -2.04. The Labute approximate surface area is 121 Å². The first kappa shape index (κ1) is 14.2. The second-order valence-corrected chi connectivity index (χ2v) is 5.02. The summed E-state index contributed by atoms with van der Waals surface area (Å²) in [7, 11) is 1.57. The molecule has 0 saturated heterocycles. The second kappa shape index (κ2) is 6.26. The maximum Gasteiger partial charge on any atom is 0.261 e. The van der Waals surface area contributed by atoms with Crippen LogP contribution in [0.2, 0.25) is 5.02 Å². The fourth-order valence-corrected chi connectivity index (χ4v) is 2.18. The number of alkyl halides is 1. The second-order valence-electron chi connectivity index (χ2n) is 4.06. The molecule has 2 rings (SSSR count). The summed E-state index contributed by atoms with van der Waals surface area (Å²) >= 11 is 12.1. The fourth-order valence-electron chi connectivity index (χ4n) is 1.70. The number of ether oxygens (including phenoxy) is 1. The molecule has 4 nitrogen and oxygen atoms in total. The molecule has 1 aromatic heterocycles. The van der Waals surface area contributed by atoms with Gasteiger partial charge in [0.15, 0.2) is 5.82 Å². The number of halogens is 2. The number of nitrogens with zero attached hydrogens (tertiary/aromatic N) is 2. The number of methoxy groups -OCH3 is 1. The SMILES string of the molecule is CCCC(Cl)c1noc(-c2cc(Cl)ccc2OC)n1. The van der Waals surface area contributed by atoms with Crippen LogP contribution in [-0.2, 0) is 0 Å². The van der Waals surface area contributed by atoms with Crippen LogP contribution in [0.5, 0.6) is 5.75 Å². The predicted molar refractivity (Wildman–Crippen MR) is 74.8 cm³/mol. The van der Waals surface area contributed by atoms with Crippen LogP contribution in [0.1, 0.15) is 31.0 Å². The topological polar surface area (TPSA) is 48.2 Å². The summed E-state index contributed by atoms with van der Waals surface area (Å²) in [6, 6.07) is 5.22. The number of hydrogen-bond donors (Lipinski definition) is 0. The summed E-state index contributed by atoms with van der Waals surface area (Å²) in [5, 5.41) is 4.23. The van der Waals surface area contributed by atoms with Gasteiger partial charge in [0.25, 0.3) is 5.89 Å². The third kappa shape index (κ3) is 3.19. The van der Waals surface area contributed by atoms with E-state index in [1.54, 1.807) is 25.3 Å². The summed E-state index contributed by atoms with van der Waals surface area (Å²) in [6.07, 6.45) is 1.76. The van der Waals surface area contributed by atoms with Crippen molar-refractivity contribution >= 4 is 23.2 Å². The van der Waals surface area contributed by atoms with Gasteiger partial charge in [-0.3, -0.25) is 0 Å². The first-order valence-corrected chi connectivity index (χ1v) is 6.78. The van der Waals surface area contributed by atoms with Crippen LogP contribution in [0.3, 0.4) is 0 Å². The van der Waals surface area contributed by atoms with Gasteiger partial charge in [-0.15, -0.1) is 11.6 Å². The minimum absolute atomic E-state index is 0.243. The minimum Gasteiger partial charge on any atom is -0.496 e. The summed E-state index contributed by atoms with van der Waals surface area (Å²) < 4.78 is 10.5. The molecular formula is C13H14Cl2N2O2. The van der Waals surface area contributed by atoms with Gasteiger partial charge in [0.1, 0.15) is 5.75 Å². The molecule has 0 radical (unpaired) electrons. The number of aromatic nitrogens is 2. The van der Waals surface area contributed by atoms with Crippen molar-refractivity contribution in [3.63, 3.8) is 0 Å². The van der Waals surface area contributed by atoms with Crippen molar-refractivity contribution < 1.29 is 9.26 Å². The molecule has 0 spiro atoms. The fraction of sp³-hybridized carbons (Fsp3) is 0.385. The van der Waals surface area contributed by atoms with Gasteiger partial charge in [0.05, 0.1) is 18.1 Å². The Morgan fingerprint density at radius 2 is 2.21 bits per heavy atom. The zero-order chi connectivity index (χ0) is 13.8. The number of benzene rings is 1. The lowest BCUT2D eigenvalue weighted by molar-refractivity contribution is 0.402. The molecule has 19 heavy (non-hydrogen) atoms. The minimum atomic E-state index is -0.243. The Balaban J connectivity index is 2.34. The van der Waals surface area contributed by atoms with E-state index in [9.17, 15) is 0 Å². The first-order valence-electron chi connectivity index (χ1n) is 5.97. The highest BCUT2D eigenvalue weighted by molar-refractivity contribution is 6.30. The van der Waals surface area contributed by atoms with Crippen molar-refractivity contribution in [2.45, 2.75) is 25.1 Å². The van der Waals surface area contributed by atoms with Crippen LogP contribution in [0, 0.1) is 0 Å². The quantitative estimate of drug-likeness (QED) is 0.764. The maximum atomic E-state index is 6.17. The Morgan fingerprint density at radius 3 is 2.89 bits per heavy atom. The molecule has 1 atom stereocenters. The molecular weight excluding hydrogens is 287 g/mol. The molecule has 0 aliphatic heterocycles. The molecule has 0 amide bonds. The summed E-state index contributed by atoms with van der Waals surface area (Å²) in [6.45, 7) is 2.05. The molecule has 0 N–H and O–H groups in total. The van der Waals surface area contributed by atoms with Crippen molar-refractivity contribution in [3.8, 4) is 17.2 Å². The highest BCUT2D eigenvalue weighted by Gasteiger charge is 2.18. The van der Waals surface area contributed by atoms with Crippen molar-refractivity contribution in [3.05, 3.63) is 29.0 Å². The van der Waals surface area contributed by atoms with Crippen molar-refractivity contribution in [2.24, 2.45) is 0 Å². The van der Waals surface area contributed by atoms with E-state index in [0.717, 1.165) is 12.8 Å². The van der Waals surface area contributed by atoms with Gasteiger partial charge in [-0.1, -0.05) is 30.1 Å². The molecule has 0 saturated carbocycles. The molecule has 0 aliphatic carbocycles. The zero-order valence-electron chi connectivity index (χ0n) is 10.7. The smallest absolute Gasteiger partial charge is 0.261 e. The Kier molecular flexibility index (Phi) is 4.66. The lowest BCUT2D eigenvalue weighted by atomic mass is 10.2. The van der Waals surface area contributed by atoms with Gasteiger partial charge in [0.2, 0.25) is 0 Å². The van der Waals surface area contributed by atoms with E-state index in [1.165, 1.54) is 0 Å². The standard InChI is InChI=1S/C13H14Cl2N2O2/c1-3-4-10(15)12-16-13(19-17-12)9-7-8(14)5-6-11(9)18-2/h5-7,10H,3-4H2,1-2H3. The van der Waals surface area contributed by atoms with Crippen LogP contribution >= 0.6 is 23.2 Å². The summed E-state index contributed by atoms with van der Waals surface area (Å²) in [4.78, 5) is 4.30. The largest absolute Gasteiger partial charge is 0.496 e. The average Bonchev–Trinajstić information content (AvgIpc) is 2.88. The first-order chi connectivity index (χ1) is 9.15. The van der Waals surface area contributed by atoms with Crippen LogP contribution in [0.4, 0.5) is 0 Å². The predicted octanol–water partition coefficient (Wildman–Crippen LogP) is 4.48. The van der Waals surface area contributed by atoms with Gasteiger partial charge in [0, 0.05) is 5.02 Å². The van der Waals surface area contributed by atoms with Gasteiger partial charge in [-0.2, -0.15) is 4.98 Å². The number of hydrogen-bond acceptors (Lipinski definition) is 4. The Hall–Kier alpha value is -1.26. The van der Waals surface area contributed by atoms with E-state index in [0.29, 0.717) is 28.1 Å². The van der Waals surface area contributed by atoms with Crippen molar-refractivity contribution in [2.75, 3.05) is 7.11 Å². The molecule has 102 valence electrons. The third-order valence-electron chi connectivity index (χ3n) is 2.66. The van der Waals surface area contributed by atoms with E-state index >= 15 is 0 Å². The lowest BCUT2D eigenvalue weighted by Crippen LogP contribution is -1.93. The average molecular weight is 301 g/mol. The number of rotatable bonds is 5. The van der Waals surface area contributed by atoms with E-state index in [2.05, 4.69) is 17.1 Å². The van der Waals surface area contributed by atoms with Crippen molar-refractivity contribution in [1.29, 1.82) is 0 Å². The third-order valence-corrected chi connectivity index (χ3v) is 3.30. The molecule has 1 heterocycles. The monoisotopic (exact) mass is 300 g/mol. The maximum absolute atomic E-state index is 6.17. The molecule has 1 unspecified atom stereocenters. The molecule has 6 heteroatoms. The Bertz CT molecular complexity index is 557. The van der Waals surface area contributed by atoms with E-state index < -0.39 is 0 Å². The normalized spacial score (nSPS) is 12.4. The van der Waals surface area contributed by atoms with Crippen LogP contribution in [-0.4, -0.2) is 17.3 Å². The zero-order valence-corrected chi connectivity index (χ0v) is 12.2. The van der Waals surface area contributed by atoms with E-state index in [-0.39, 0.29) is 5.38 Å². The highest BCUT2D eigenvalue weighted by Crippen LogP contribution is 2.33. The van der Waals surface area contributed by atoms with E-state index in [1.807, 2.05) is 0 Å². The van der Waals surface area contributed by atoms with Crippen LogP contribution in [0.25, 0.3) is 11.5 Å². The van der Waals surface area contributed by atoms with Crippen molar-refractivity contribution in [1.82, 2.24) is 10.1 Å². The van der Waals surface area contributed by atoms with Gasteiger partial charge >= 0.3 is 0 Å². The summed E-state index contributed by atoms with van der Waals surface area (Å²) in [5.41, 5.74) is 0.661. The van der Waals surface area contributed by atoms with Crippen LogP contribution < -0.4 is 4.74 Å². The highest BCUT2D eigenvalue weighted by atomic mass is 35.5. The van der Waals surface area contributed by atoms with Crippen LogP contribution in [0.15, 0.2) is 22.7 Å². The molecule has 0 aliphatic rings. The molecule has 0 fully saturated rings. The van der Waals surface area contributed by atoms with Gasteiger partial charge in [-0.25, -0.2) is 0 Å². The molecule has 1 aromatic carbocycles. The Morgan fingerprint density at radius 1 is 1.42 bits per heavy atom. The van der Waals surface area contributed by atoms with E-state index in [4.69, 9.17) is 32.5 Å². The molecule has 0 bridgehead atoms. The van der Waals surface area contributed by atoms with Gasteiger partial charge < -0.3 is 9.26 Å².